The number of allylic oxidation sites excluding steroid dienone is 2. The van der Waals surface area contributed by atoms with Gasteiger partial charge in [0.15, 0.2) is 0 Å². The van der Waals surface area contributed by atoms with Gasteiger partial charge in [-0.05, 0) is 44.9 Å². The van der Waals surface area contributed by atoms with Crippen molar-refractivity contribution < 1.29 is 19.1 Å². The summed E-state index contributed by atoms with van der Waals surface area (Å²) in [5.74, 6) is -0.339. The quantitative estimate of drug-likeness (QED) is 0.180. The first kappa shape index (κ1) is 31.5. The van der Waals surface area contributed by atoms with Crippen LogP contribution in [0.1, 0.15) is 44.9 Å². The first-order chi connectivity index (χ1) is 13.5. The second-order valence-corrected chi connectivity index (χ2v) is 10.4. The Kier molecular flexibility index (Phi) is 20.6. The van der Waals surface area contributed by atoms with Crippen molar-refractivity contribution in [2.45, 2.75) is 53.0 Å². The van der Waals surface area contributed by atoms with Gasteiger partial charge in [-0.3, -0.25) is 0 Å². The number of esters is 2. The molecular weight excluding hydrogens is 547 g/mol. The number of hydrogen-bond donors (Lipinski definition) is 1. The Morgan fingerprint density at radius 1 is 1.10 bits per heavy atom. The third-order valence-electron chi connectivity index (χ3n) is 3.49. The number of carbonyl (C=O) groups excluding carboxylic acids is 2. The van der Waals surface area contributed by atoms with Crippen LogP contribution in [-0.4, -0.2) is 41.9 Å². The van der Waals surface area contributed by atoms with Crippen LogP contribution in [0.5, 0.6) is 0 Å². The first-order valence-electron chi connectivity index (χ1n) is 8.50. The van der Waals surface area contributed by atoms with Gasteiger partial charge in [0.25, 0.3) is 3.25 Å². The molecular formula is C17H24BBrCl4NO4S. The van der Waals surface area contributed by atoms with Gasteiger partial charge in [0.2, 0.25) is 0 Å². The van der Waals surface area contributed by atoms with E-state index in [-0.39, 0.29) is 11.9 Å². The predicted molar refractivity (Wildman–Crippen MR) is 129 cm³/mol. The second kappa shape index (κ2) is 19.0. The van der Waals surface area contributed by atoms with E-state index in [9.17, 15) is 9.59 Å². The van der Waals surface area contributed by atoms with E-state index in [1.54, 1.807) is 0 Å². The van der Waals surface area contributed by atoms with Crippen molar-refractivity contribution in [3.05, 3.63) is 23.3 Å². The SMILES string of the molecule is COC(=O)C1=CC(Br)CCC1.COC(=O)C1=CCCCC1.ClC(Cl)(Cl)Cl.[B]=NS. The van der Waals surface area contributed by atoms with Crippen molar-refractivity contribution >= 4 is 94.7 Å². The Hall–Kier alpha value is 0.275. The van der Waals surface area contributed by atoms with E-state index in [1.807, 2.05) is 12.2 Å². The molecule has 0 fully saturated rings. The van der Waals surface area contributed by atoms with Gasteiger partial charge in [-0.15, -0.1) is 0 Å². The van der Waals surface area contributed by atoms with Crippen LogP contribution < -0.4 is 0 Å². The molecule has 0 aromatic carbocycles. The standard InChI is InChI=1S/C8H11BrO2.C8H12O2.CCl4.BHNS/c1-11-8(10)6-3-2-4-7(9)5-6;1-10-8(9)7-5-3-2-4-6-7;2-1(3,4)5;1-2-3/h5,7H,2-4H2,1H3;5H,2-4,6H2,1H3;;3H. The van der Waals surface area contributed by atoms with Crippen LogP contribution in [0.15, 0.2) is 27.6 Å². The van der Waals surface area contributed by atoms with Gasteiger partial charge in [-0.1, -0.05) is 74.5 Å². The molecule has 2 aliphatic rings. The fourth-order valence-electron chi connectivity index (χ4n) is 2.33. The predicted octanol–water partition coefficient (Wildman–Crippen LogP) is 6.43. The summed E-state index contributed by atoms with van der Waals surface area (Å²) in [6.45, 7) is 0. The Labute approximate surface area is 207 Å². The van der Waals surface area contributed by atoms with E-state index in [4.69, 9.17) is 46.4 Å². The van der Waals surface area contributed by atoms with Crippen molar-refractivity contribution in [2.24, 2.45) is 4.30 Å². The molecule has 0 spiro atoms. The van der Waals surface area contributed by atoms with E-state index < -0.39 is 3.25 Å². The van der Waals surface area contributed by atoms with Gasteiger partial charge in [0.05, 0.1) is 14.2 Å². The second-order valence-electron chi connectivity index (χ2n) is 5.60. The monoisotopic (exact) mass is 568 g/mol. The number of ether oxygens (including phenoxy) is 2. The number of nitrogens with zero attached hydrogens (tertiary/aromatic N) is 1. The van der Waals surface area contributed by atoms with Crippen molar-refractivity contribution in [3.8, 4) is 0 Å². The molecule has 1 atom stereocenters. The zero-order valence-electron chi connectivity index (χ0n) is 16.2. The van der Waals surface area contributed by atoms with Crippen LogP contribution in [0.25, 0.3) is 0 Å². The molecule has 2 aliphatic carbocycles. The molecule has 0 bridgehead atoms. The summed E-state index contributed by atoms with van der Waals surface area (Å²) in [6.07, 6.45) is 11.2. The number of carbonyl (C=O) groups is 2. The third-order valence-corrected chi connectivity index (χ3v) is 4.22. The molecule has 1 radical (unpaired) electrons. The average Bonchev–Trinajstić information content (AvgIpc) is 2.67. The van der Waals surface area contributed by atoms with Crippen LogP contribution in [0, 0.1) is 0 Å². The van der Waals surface area contributed by atoms with E-state index in [1.165, 1.54) is 20.6 Å². The molecule has 1 unspecified atom stereocenters. The fourth-order valence-corrected chi connectivity index (χ4v) is 2.97. The summed E-state index contributed by atoms with van der Waals surface area (Å²) in [5.41, 5.74) is 1.66. The number of halogens is 5. The topological polar surface area (TPSA) is 65.0 Å². The summed E-state index contributed by atoms with van der Waals surface area (Å²) in [7, 11) is 7.18. The molecule has 0 N–H and O–H groups in total. The first-order valence-corrected chi connectivity index (χ1v) is 11.3. The van der Waals surface area contributed by atoms with Crippen LogP contribution in [0.3, 0.4) is 0 Å². The molecule has 29 heavy (non-hydrogen) atoms. The van der Waals surface area contributed by atoms with Crippen molar-refractivity contribution in [1.82, 2.24) is 0 Å². The summed E-state index contributed by atoms with van der Waals surface area (Å²) in [5, 5.41) is 0. The number of hydrogen-bond acceptors (Lipinski definition) is 6. The van der Waals surface area contributed by atoms with E-state index in [2.05, 4.69) is 50.2 Å². The Morgan fingerprint density at radius 3 is 1.93 bits per heavy atom. The maximum absolute atomic E-state index is 11.0. The molecule has 0 saturated heterocycles. The van der Waals surface area contributed by atoms with E-state index in [0.717, 1.165) is 49.7 Å². The molecule has 2 rings (SSSR count). The molecule has 12 heteroatoms. The minimum atomic E-state index is -1.61. The molecule has 0 heterocycles. The van der Waals surface area contributed by atoms with Gasteiger partial charge < -0.3 is 9.47 Å². The maximum atomic E-state index is 11.0. The van der Waals surface area contributed by atoms with Gasteiger partial charge in [-0.2, -0.15) is 0 Å². The van der Waals surface area contributed by atoms with Crippen LogP contribution in [0.4, 0.5) is 0 Å². The molecule has 0 aliphatic heterocycles. The van der Waals surface area contributed by atoms with Crippen molar-refractivity contribution in [2.75, 3.05) is 14.2 Å². The van der Waals surface area contributed by atoms with Crippen LogP contribution in [-0.2, 0) is 19.1 Å². The Morgan fingerprint density at radius 2 is 1.55 bits per heavy atom. The molecule has 0 aromatic rings. The zero-order valence-corrected chi connectivity index (χ0v) is 21.7. The summed E-state index contributed by atoms with van der Waals surface area (Å²) in [4.78, 5) is 22.2. The van der Waals surface area contributed by atoms with Crippen LogP contribution >= 0.6 is 75.1 Å². The number of alkyl halides is 5. The Bertz CT molecular complexity index is 568. The molecule has 0 aromatic heterocycles. The Balaban J connectivity index is 0. The molecule has 0 saturated carbocycles. The van der Waals surface area contributed by atoms with Crippen LogP contribution in [0.2, 0.25) is 0 Å². The number of methoxy groups -OCH3 is 2. The van der Waals surface area contributed by atoms with Gasteiger partial charge in [-0.25, -0.2) is 9.59 Å². The normalized spacial score (nSPS) is 17.8. The fraction of sp³-hybridized carbons (Fsp3) is 0.647. The van der Waals surface area contributed by atoms with Crippen molar-refractivity contribution in [3.63, 3.8) is 0 Å². The van der Waals surface area contributed by atoms with Gasteiger partial charge in [0.1, 0.15) is 0 Å². The molecule has 0 amide bonds. The van der Waals surface area contributed by atoms with E-state index in [0.29, 0.717) is 4.83 Å². The van der Waals surface area contributed by atoms with Gasteiger partial charge >= 0.3 is 36.7 Å². The number of rotatable bonds is 2. The molecule has 165 valence electrons. The zero-order chi connectivity index (χ0) is 22.9. The van der Waals surface area contributed by atoms with Gasteiger partial charge in [0, 0.05) is 16.0 Å². The average molecular weight is 571 g/mol. The third kappa shape index (κ3) is 21.3. The van der Waals surface area contributed by atoms with E-state index >= 15 is 0 Å². The molecule has 5 nitrogen and oxygen atoms in total. The number of thiol groups is 1. The summed E-state index contributed by atoms with van der Waals surface area (Å²) in [6, 6.07) is 0. The minimum absolute atomic E-state index is 0.153. The summed E-state index contributed by atoms with van der Waals surface area (Å²) >= 11 is 25.9. The van der Waals surface area contributed by atoms with Crippen molar-refractivity contribution in [1.29, 1.82) is 0 Å². The summed E-state index contributed by atoms with van der Waals surface area (Å²) < 4.78 is 10.3.